The molecule has 5 heteroatoms. The number of furan rings is 1. The standard InChI is InChI=1S/C14H9ClINO2/c15-14-13-10(6-9(7-18)17-14)11(16)12(19-13)8-4-2-1-3-5-8/h1-6,18H,7H2. The fourth-order valence-electron chi connectivity index (χ4n) is 1.94. The predicted molar refractivity (Wildman–Crippen MR) is 83.1 cm³/mol. The zero-order chi connectivity index (χ0) is 13.4. The van der Waals surface area contributed by atoms with Crippen molar-refractivity contribution in [3.63, 3.8) is 0 Å². The van der Waals surface area contributed by atoms with Gasteiger partial charge >= 0.3 is 0 Å². The van der Waals surface area contributed by atoms with E-state index in [0.29, 0.717) is 11.3 Å². The third kappa shape index (κ3) is 2.24. The lowest BCUT2D eigenvalue weighted by atomic mass is 10.1. The van der Waals surface area contributed by atoms with Crippen LogP contribution in [0.15, 0.2) is 40.8 Å². The van der Waals surface area contributed by atoms with Crippen LogP contribution >= 0.6 is 34.2 Å². The van der Waals surface area contributed by atoms with Gasteiger partial charge in [0.25, 0.3) is 0 Å². The molecule has 0 fully saturated rings. The number of pyridine rings is 1. The Kier molecular flexibility index (Phi) is 3.47. The molecule has 0 unspecified atom stereocenters. The minimum absolute atomic E-state index is 0.141. The van der Waals surface area contributed by atoms with Crippen molar-refractivity contribution in [1.29, 1.82) is 0 Å². The Morgan fingerprint density at radius 1 is 1.26 bits per heavy atom. The molecule has 0 aliphatic rings. The molecule has 2 heterocycles. The molecule has 2 aromatic heterocycles. The molecule has 3 nitrogen and oxygen atoms in total. The molecule has 0 radical (unpaired) electrons. The van der Waals surface area contributed by atoms with E-state index in [-0.39, 0.29) is 11.8 Å². The van der Waals surface area contributed by atoms with E-state index in [1.54, 1.807) is 6.07 Å². The summed E-state index contributed by atoms with van der Waals surface area (Å²) in [6, 6.07) is 11.6. The summed E-state index contributed by atoms with van der Waals surface area (Å²) in [4.78, 5) is 4.09. The van der Waals surface area contributed by atoms with Crippen LogP contribution < -0.4 is 0 Å². The van der Waals surface area contributed by atoms with E-state index in [0.717, 1.165) is 20.3 Å². The highest BCUT2D eigenvalue weighted by Gasteiger charge is 2.17. The fraction of sp³-hybridized carbons (Fsp3) is 0.0714. The van der Waals surface area contributed by atoms with Gasteiger partial charge in [-0.1, -0.05) is 41.9 Å². The molecule has 0 amide bonds. The van der Waals surface area contributed by atoms with Crippen LogP contribution in [-0.4, -0.2) is 10.1 Å². The number of fused-ring (bicyclic) bond motifs is 1. The van der Waals surface area contributed by atoms with E-state index in [1.807, 2.05) is 30.3 Å². The first-order chi connectivity index (χ1) is 9.20. The molecule has 0 aliphatic carbocycles. The van der Waals surface area contributed by atoms with E-state index in [2.05, 4.69) is 27.6 Å². The van der Waals surface area contributed by atoms with Crippen LogP contribution in [0.5, 0.6) is 0 Å². The number of aromatic nitrogens is 1. The van der Waals surface area contributed by atoms with Gasteiger partial charge in [0.15, 0.2) is 10.7 Å². The molecule has 1 N–H and O–H groups in total. The molecule has 96 valence electrons. The first-order valence-corrected chi connectivity index (χ1v) is 7.10. The molecule has 0 saturated carbocycles. The zero-order valence-corrected chi connectivity index (χ0v) is 12.6. The summed E-state index contributed by atoms with van der Waals surface area (Å²) < 4.78 is 6.80. The Hall–Kier alpha value is -1.11. The van der Waals surface area contributed by atoms with Gasteiger partial charge in [-0.25, -0.2) is 4.98 Å². The van der Waals surface area contributed by atoms with E-state index in [4.69, 9.17) is 16.0 Å². The lowest BCUT2D eigenvalue weighted by Gasteiger charge is -1.97. The number of aliphatic hydroxyl groups is 1. The maximum atomic E-state index is 9.18. The van der Waals surface area contributed by atoms with Crippen molar-refractivity contribution in [1.82, 2.24) is 4.98 Å². The van der Waals surface area contributed by atoms with Gasteiger partial charge in [-0.2, -0.15) is 0 Å². The summed E-state index contributed by atoms with van der Waals surface area (Å²) in [7, 11) is 0. The minimum Gasteiger partial charge on any atom is -0.452 e. The van der Waals surface area contributed by atoms with Crippen molar-refractivity contribution in [3.05, 3.63) is 50.8 Å². The summed E-state index contributed by atoms with van der Waals surface area (Å²) in [6.45, 7) is -0.141. The van der Waals surface area contributed by atoms with Crippen LogP contribution in [0.4, 0.5) is 0 Å². The SMILES string of the molecule is OCc1cc2c(I)c(-c3ccccc3)oc2c(Cl)n1. The second-order valence-electron chi connectivity index (χ2n) is 4.05. The number of nitrogens with zero attached hydrogens (tertiary/aromatic N) is 1. The Bertz CT molecular complexity index is 740. The fourth-order valence-corrected chi connectivity index (χ4v) is 3.01. The van der Waals surface area contributed by atoms with Crippen molar-refractivity contribution in [2.75, 3.05) is 0 Å². The molecule has 19 heavy (non-hydrogen) atoms. The quantitative estimate of drug-likeness (QED) is 0.530. The van der Waals surface area contributed by atoms with Crippen molar-refractivity contribution in [3.8, 4) is 11.3 Å². The van der Waals surface area contributed by atoms with Gasteiger partial charge in [0, 0.05) is 10.9 Å². The molecule has 1 aromatic carbocycles. The summed E-state index contributed by atoms with van der Waals surface area (Å²) in [5.41, 5.74) is 2.09. The zero-order valence-electron chi connectivity index (χ0n) is 9.73. The Balaban J connectivity index is 2.29. The summed E-state index contributed by atoms with van der Waals surface area (Å²) >= 11 is 8.32. The molecule has 0 spiro atoms. The molecule has 3 aromatic rings. The van der Waals surface area contributed by atoms with Crippen LogP contribution in [0, 0.1) is 3.57 Å². The lowest BCUT2D eigenvalue weighted by molar-refractivity contribution is 0.277. The molecule has 0 atom stereocenters. The first-order valence-electron chi connectivity index (χ1n) is 5.64. The summed E-state index contributed by atoms with van der Waals surface area (Å²) in [5.74, 6) is 0.773. The average molecular weight is 386 g/mol. The lowest BCUT2D eigenvalue weighted by Crippen LogP contribution is -1.89. The van der Waals surface area contributed by atoms with Crippen molar-refractivity contribution >= 4 is 45.2 Å². The Morgan fingerprint density at radius 3 is 2.68 bits per heavy atom. The van der Waals surface area contributed by atoms with Crippen LogP contribution in [-0.2, 0) is 6.61 Å². The number of rotatable bonds is 2. The van der Waals surface area contributed by atoms with Crippen LogP contribution in [0.1, 0.15) is 5.69 Å². The second-order valence-corrected chi connectivity index (χ2v) is 5.49. The Labute approximate surface area is 128 Å². The number of halogens is 2. The average Bonchev–Trinajstić information content (AvgIpc) is 2.78. The molecule has 0 saturated heterocycles. The molecule has 3 rings (SSSR count). The molecule has 0 aliphatic heterocycles. The number of benzene rings is 1. The highest BCUT2D eigenvalue weighted by molar-refractivity contribution is 14.1. The third-order valence-corrected chi connectivity index (χ3v) is 4.15. The molecular formula is C14H9ClINO2. The van der Waals surface area contributed by atoms with Crippen molar-refractivity contribution < 1.29 is 9.52 Å². The smallest absolute Gasteiger partial charge is 0.173 e. The van der Waals surface area contributed by atoms with Gasteiger partial charge in [-0.15, -0.1) is 0 Å². The van der Waals surface area contributed by atoms with E-state index >= 15 is 0 Å². The maximum absolute atomic E-state index is 9.18. The summed E-state index contributed by atoms with van der Waals surface area (Å²) in [5, 5.41) is 10.3. The largest absolute Gasteiger partial charge is 0.452 e. The van der Waals surface area contributed by atoms with Gasteiger partial charge in [-0.05, 0) is 28.7 Å². The number of hydrogen-bond donors (Lipinski definition) is 1. The van der Waals surface area contributed by atoms with E-state index < -0.39 is 0 Å². The van der Waals surface area contributed by atoms with E-state index in [9.17, 15) is 5.11 Å². The normalized spacial score (nSPS) is 11.1. The van der Waals surface area contributed by atoms with Crippen LogP contribution in [0.2, 0.25) is 5.15 Å². The predicted octanol–water partition coefficient (Wildman–Crippen LogP) is 4.25. The summed E-state index contributed by atoms with van der Waals surface area (Å²) in [6.07, 6.45) is 0. The molecule has 0 bridgehead atoms. The second kappa shape index (κ2) is 5.11. The van der Waals surface area contributed by atoms with Crippen LogP contribution in [0.25, 0.3) is 22.3 Å². The Morgan fingerprint density at radius 2 is 2.00 bits per heavy atom. The van der Waals surface area contributed by atoms with Crippen LogP contribution in [0.3, 0.4) is 0 Å². The monoisotopic (exact) mass is 385 g/mol. The van der Waals surface area contributed by atoms with Gasteiger partial charge in [-0.3, -0.25) is 0 Å². The van der Waals surface area contributed by atoms with E-state index in [1.165, 1.54) is 0 Å². The topological polar surface area (TPSA) is 46.3 Å². The highest BCUT2D eigenvalue weighted by atomic mass is 127. The molecular weight excluding hydrogens is 377 g/mol. The first kappa shape index (κ1) is 12.9. The number of hydrogen-bond acceptors (Lipinski definition) is 3. The highest BCUT2D eigenvalue weighted by Crippen LogP contribution is 2.37. The van der Waals surface area contributed by atoms with Gasteiger partial charge in [0.1, 0.15) is 5.76 Å². The maximum Gasteiger partial charge on any atom is 0.173 e. The van der Waals surface area contributed by atoms with Gasteiger partial charge in [0.05, 0.1) is 15.9 Å². The third-order valence-electron chi connectivity index (χ3n) is 2.82. The van der Waals surface area contributed by atoms with Gasteiger partial charge < -0.3 is 9.52 Å². The number of aliphatic hydroxyl groups excluding tert-OH is 1. The van der Waals surface area contributed by atoms with Crippen molar-refractivity contribution in [2.24, 2.45) is 0 Å². The van der Waals surface area contributed by atoms with Gasteiger partial charge in [0.2, 0.25) is 0 Å². The minimum atomic E-state index is -0.141. The van der Waals surface area contributed by atoms with Crippen molar-refractivity contribution in [2.45, 2.75) is 6.61 Å².